The summed E-state index contributed by atoms with van der Waals surface area (Å²) >= 11 is 1.69. The van der Waals surface area contributed by atoms with Gasteiger partial charge in [0.05, 0.1) is 21.3 Å². The standard InChI is InChI=1S/C14H21NO4S/c1-17-11-4-5-13(18-2)10(8-11)9-20-7-6-12(15)14(16)19-3/h4-5,8,12H,6-7,9,15H2,1-3H3. The van der Waals surface area contributed by atoms with Crippen molar-refractivity contribution in [3.05, 3.63) is 23.8 Å². The molecule has 1 aromatic carbocycles. The van der Waals surface area contributed by atoms with Gasteiger partial charge < -0.3 is 19.9 Å². The normalized spacial score (nSPS) is 11.8. The largest absolute Gasteiger partial charge is 0.497 e. The molecular formula is C14H21NO4S. The van der Waals surface area contributed by atoms with E-state index in [-0.39, 0.29) is 5.97 Å². The van der Waals surface area contributed by atoms with E-state index in [1.54, 1.807) is 26.0 Å². The number of benzene rings is 1. The number of hydrogen-bond acceptors (Lipinski definition) is 6. The van der Waals surface area contributed by atoms with Gasteiger partial charge in [-0.25, -0.2) is 0 Å². The molecule has 1 atom stereocenters. The first-order valence-corrected chi connectivity index (χ1v) is 7.40. The average molecular weight is 299 g/mol. The van der Waals surface area contributed by atoms with Crippen LogP contribution in [0.3, 0.4) is 0 Å². The molecule has 0 radical (unpaired) electrons. The zero-order valence-corrected chi connectivity index (χ0v) is 12.9. The van der Waals surface area contributed by atoms with Gasteiger partial charge in [-0.15, -0.1) is 0 Å². The van der Waals surface area contributed by atoms with Crippen molar-refractivity contribution in [3.8, 4) is 11.5 Å². The fourth-order valence-electron chi connectivity index (χ4n) is 1.66. The number of esters is 1. The Morgan fingerprint density at radius 3 is 2.65 bits per heavy atom. The molecule has 0 saturated carbocycles. The summed E-state index contributed by atoms with van der Waals surface area (Å²) in [6, 6.07) is 5.14. The van der Waals surface area contributed by atoms with Crippen molar-refractivity contribution >= 4 is 17.7 Å². The summed E-state index contributed by atoms with van der Waals surface area (Å²) in [5.74, 6) is 2.80. The quantitative estimate of drug-likeness (QED) is 0.583. The summed E-state index contributed by atoms with van der Waals surface area (Å²) in [6.45, 7) is 0. The van der Waals surface area contributed by atoms with Crippen LogP contribution in [0.25, 0.3) is 0 Å². The SMILES string of the molecule is COC(=O)C(N)CCSCc1cc(OC)ccc1OC. The number of hydrogen-bond donors (Lipinski definition) is 1. The zero-order chi connectivity index (χ0) is 15.0. The van der Waals surface area contributed by atoms with Crippen molar-refractivity contribution in [2.75, 3.05) is 27.1 Å². The number of rotatable bonds is 8. The molecule has 112 valence electrons. The highest BCUT2D eigenvalue weighted by Crippen LogP contribution is 2.27. The number of carbonyl (C=O) groups excluding carboxylic acids is 1. The van der Waals surface area contributed by atoms with Crippen molar-refractivity contribution in [3.63, 3.8) is 0 Å². The van der Waals surface area contributed by atoms with Gasteiger partial charge >= 0.3 is 5.97 Å². The van der Waals surface area contributed by atoms with E-state index in [0.717, 1.165) is 28.6 Å². The summed E-state index contributed by atoms with van der Waals surface area (Å²) in [5.41, 5.74) is 6.74. The Hall–Kier alpha value is -1.40. The summed E-state index contributed by atoms with van der Waals surface area (Å²) in [5, 5.41) is 0. The molecule has 0 aliphatic rings. The topological polar surface area (TPSA) is 70.8 Å². The van der Waals surface area contributed by atoms with Crippen LogP contribution in [0, 0.1) is 0 Å². The molecule has 0 aromatic heterocycles. The maximum Gasteiger partial charge on any atom is 0.322 e. The van der Waals surface area contributed by atoms with Crippen LogP contribution in [0.1, 0.15) is 12.0 Å². The van der Waals surface area contributed by atoms with Gasteiger partial charge in [-0.1, -0.05) is 0 Å². The van der Waals surface area contributed by atoms with E-state index >= 15 is 0 Å². The molecule has 0 aliphatic carbocycles. The predicted octanol–water partition coefficient (Wildman–Crippen LogP) is 1.83. The van der Waals surface area contributed by atoms with Crippen LogP contribution in [0.2, 0.25) is 0 Å². The number of carbonyl (C=O) groups is 1. The minimum absolute atomic E-state index is 0.371. The second kappa shape index (κ2) is 8.71. The van der Waals surface area contributed by atoms with Gasteiger partial charge in [0, 0.05) is 11.3 Å². The molecule has 0 fully saturated rings. The molecule has 0 spiro atoms. The van der Waals surface area contributed by atoms with Crippen molar-refractivity contribution in [1.82, 2.24) is 0 Å². The molecule has 0 saturated heterocycles. The monoisotopic (exact) mass is 299 g/mol. The third-order valence-electron chi connectivity index (χ3n) is 2.82. The molecule has 1 aromatic rings. The van der Waals surface area contributed by atoms with Crippen molar-refractivity contribution < 1.29 is 19.0 Å². The number of thioether (sulfide) groups is 1. The molecule has 6 heteroatoms. The fraction of sp³-hybridized carbons (Fsp3) is 0.500. The highest BCUT2D eigenvalue weighted by molar-refractivity contribution is 7.98. The molecule has 5 nitrogen and oxygen atoms in total. The van der Waals surface area contributed by atoms with Crippen molar-refractivity contribution in [2.45, 2.75) is 18.2 Å². The van der Waals surface area contributed by atoms with Gasteiger partial charge in [-0.3, -0.25) is 4.79 Å². The first-order chi connectivity index (χ1) is 9.62. The van der Waals surface area contributed by atoms with E-state index in [2.05, 4.69) is 4.74 Å². The Bertz CT molecular complexity index is 439. The Morgan fingerprint density at radius 2 is 2.05 bits per heavy atom. The molecule has 0 heterocycles. The van der Waals surface area contributed by atoms with Crippen LogP contribution in [0.15, 0.2) is 18.2 Å². The predicted molar refractivity (Wildman–Crippen MR) is 80.3 cm³/mol. The number of ether oxygens (including phenoxy) is 3. The Kier molecular flexibility index (Phi) is 7.25. The third-order valence-corrected chi connectivity index (χ3v) is 3.86. The second-order valence-corrected chi connectivity index (χ2v) is 5.25. The van der Waals surface area contributed by atoms with Crippen LogP contribution < -0.4 is 15.2 Å². The maximum atomic E-state index is 11.2. The summed E-state index contributed by atoms with van der Waals surface area (Å²) in [6.07, 6.45) is 0.587. The zero-order valence-electron chi connectivity index (χ0n) is 12.0. The van der Waals surface area contributed by atoms with E-state index < -0.39 is 6.04 Å². The Balaban J connectivity index is 2.47. The molecule has 0 bridgehead atoms. The number of methoxy groups -OCH3 is 3. The lowest BCUT2D eigenvalue weighted by molar-refractivity contribution is -0.142. The van der Waals surface area contributed by atoms with Gasteiger partial charge in [0.25, 0.3) is 0 Å². The molecule has 1 unspecified atom stereocenters. The van der Waals surface area contributed by atoms with Gasteiger partial charge in [0.2, 0.25) is 0 Å². The smallest absolute Gasteiger partial charge is 0.322 e. The molecular weight excluding hydrogens is 278 g/mol. The molecule has 0 amide bonds. The fourth-order valence-corrected chi connectivity index (χ4v) is 2.67. The summed E-state index contributed by atoms with van der Waals surface area (Å²) in [4.78, 5) is 11.2. The van der Waals surface area contributed by atoms with Crippen LogP contribution in [-0.4, -0.2) is 39.1 Å². The second-order valence-electron chi connectivity index (χ2n) is 4.15. The van der Waals surface area contributed by atoms with E-state index in [9.17, 15) is 4.79 Å². The molecule has 20 heavy (non-hydrogen) atoms. The first-order valence-electron chi connectivity index (χ1n) is 6.24. The van der Waals surface area contributed by atoms with Gasteiger partial charge in [0.15, 0.2) is 0 Å². The average Bonchev–Trinajstić information content (AvgIpc) is 2.50. The third kappa shape index (κ3) is 4.94. The first kappa shape index (κ1) is 16.7. The van der Waals surface area contributed by atoms with Crippen LogP contribution >= 0.6 is 11.8 Å². The minimum atomic E-state index is -0.556. The van der Waals surface area contributed by atoms with E-state index in [1.165, 1.54) is 7.11 Å². The van der Waals surface area contributed by atoms with Crippen molar-refractivity contribution in [2.24, 2.45) is 5.73 Å². The maximum absolute atomic E-state index is 11.2. The Morgan fingerprint density at radius 1 is 1.30 bits per heavy atom. The van der Waals surface area contributed by atoms with Gasteiger partial charge in [-0.05, 0) is 30.4 Å². The Labute approximate surface area is 123 Å². The highest BCUT2D eigenvalue weighted by Gasteiger charge is 2.13. The van der Waals surface area contributed by atoms with E-state index in [0.29, 0.717) is 6.42 Å². The summed E-state index contributed by atoms with van der Waals surface area (Å²) in [7, 11) is 4.62. The van der Waals surface area contributed by atoms with Crippen molar-refractivity contribution in [1.29, 1.82) is 0 Å². The molecule has 2 N–H and O–H groups in total. The highest BCUT2D eigenvalue weighted by atomic mass is 32.2. The van der Waals surface area contributed by atoms with E-state index in [1.807, 2.05) is 18.2 Å². The lowest BCUT2D eigenvalue weighted by Crippen LogP contribution is -2.31. The van der Waals surface area contributed by atoms with Crippen LogP contribution in [-0.2, 0) is 15.3 Å². The van der Waals surface area contributed by atoms with Crippen LogP contribution in [0.4, 0.5) is 0 Å². The lowest BCUT2D eigenvalue weighted by Gasteiger charge is -2.11. The van der Waals surface area contributed by atoms with E-state index in [4.69, 9.17) is 15.2 Å². The minimum Gasteiger partial charge on any atom is -0.497 e. The molecule has 0 aliphatic heterocycles. The van der Waals surface area contributed by atoms with Gasteiger partial charge in [0.1, 0.15) is 17.5 Å². The molecule has 1 rings (SSSR count). The van der Waals surface area contributed by atoms with Gasteiger partial charge in [-0.2, -0.15) is 11.8 Å². The lowest BCUT2D eigenvalue weighted by atomic mass is 10.2. The summed E-state index contributed by atoms with van der Waals surface area (Å²) < 4.78 is 15.1. The number of nitrogens with two attached hydrogens (primary N) is 1. The van der Waals surface area contributed by atoms with Crippen LogP contribution in [0.5, 0.6) is 11.5 Å².